The zero-order valence-electron chi connectivity index (χ0n) is 10.8. The van der Waals surface area contributed by atoms with Gasteiger partial charge in [-0.2, -0.15) is 4.31 Å². The van der Waals surface area contributed by atoms with E-state index >= 15 is 0 Å². The Kier molecular flexibility index (Phi) is 3.80. The second kappa shape index (κ2) is 5.07. The van der Waals surface area contributed by atoms with E-state index in [9.17, 15) is 12.8 Å². The van der Waals surface area contributed by atoms with Crippen molar-refractivity contribution in [2.45, 2.75) is 30.9 Å². The highest BCUT2D eigenvalue weighted by atomic mass is 32.2. The zero-order chi connectivity index (χ0) is 14.2. The summed E-state index contributed by atoms with van der Waals surface area (Å²) in [6.07, 6.45) is -0.173. The summed E-state index contributed by atoms with van der Waals surface area (Å²) in [6.45, 7) is 4.17. The number of nitrogens with zero attached hydrogens (tertiary/aromatic N) is 1. The molecule has 0 aromatic heterocycles. The van der Waals surface area contributed by atoms with E-state index in [-0.39, 0.29) is 29.3 Å². The van der Waals surface area contributed by atoms with Crippen LogP contribution in [-0.2, 0) is 14.8 Å². The van der Waals surface area contributed by atoms with Crippen LogP contribution in [-0.4, -0.2) is 38.0 Å². The Morgan fingerprint density at radius 3 is 2.74 bits per heavy atom. The molecule has 0 spiro atoms. The fourth-order valence-electron chi connectivity index (χ4n) is 2.09. The summed E-state index contributed by atoms with van der Waals surface area (Å²) >= 11 is 0. The van der Waals surface area contributed by atoms with Gasteiger partial charge in [0.25, 0.3) is 0 Å². The van der Waals surface area contributed by atoms with Gasteiger partial charge in [0.15, 0.2) is 0 Å². The predicted octanol–water partition coefficient (Wildman–Crippen LogP) is 1.21. The molecular formula is C12H17FN2O3S. The molecular weight excluding hydrogens is 271 g/mol. The highest BCUT2D eigenvalue weighted by Gasteiger charge is 2.35. The Labute approximate surface area is 112 Å². The van der Waals surface area contributed by atoms with Crippen molar-refractivity contribution < 1.29 is 17.5 Å². The van der Waals surface area contributed by atoms with Crippen molar-refractivity contribution in [3.8, 4) is 0 Å². The molecule has 0 radical (unpaired) electrons. The van der Waals surface area contributed by atoms with Gasteiger partial charge in [-0.15, -0.1) is 0 Å². The summed E-state index contributed by atoms with van der Waals surface area (Å²) in [5.41, 5.74) is 5.54. The highest BCUT2D eigenvalue weighted by molar-refractivity contribution is 7.89. The normalized spacial score (nSPS) is 25.4. The van der Waals surface area contributed by atoms with E-state index in [0.717, 1.165) is 12.1 Å². The Morgan fingerprint density at radius 1 is 1.42 bits per heavy atom. The van der Waals surface area contributed by atoms with Crippen molar-refractivity contribution >= 4 is 15.7 Å². The quantitative estimate of drug-likeness (QED) is 0.830. The molecule has 2 N–H and O–H groups in total. The number of morpholine rings is 1. The van der Waals surface area contributed by atoms with Crippen LogP contribution in [0.2, 0.25) is 0 Å². The molecule has 1 fully saturated rings. The summed E-state index contributed by atoms with van der Waals surface area (Å²) in [4.78, 5) is -0.0603. The average Bonchev–Trinajstić information content (AvgIpc) is 2.31. The van der Waals surface area contributed by atoms with Gasteiger partial charge in [-0.3, -0.25) is 0 Å². The van der Waals surface area contributed by atoms with Gasteiger partial charge >= 0.3 is 0 Å². The van der Waals surface area contributed by atoms with Crippen LogP contribution in [0.15, 0.2) is 23.1 Å². The van der Waals surface area contributed by atoms with Crippen molar-refractivity contribution in [1.29, 1.82) is 0 Å². The minimum atomic E-state index is -3.73. The lowest BCUT2D eigenvalue weighted by Gasteiger charge is -2.35. The van der Waals surface area contributed by atoms with Gasteiger partial charge in [-0.25, -0.2) is 12.8 Å². The average molecular weight is 288 g/mol. The number of rotatable bonds is 2. The van der Waals surface area contributed by atoms with Crippen molar-refractivity contribution in [3.05, 3.63) is 24.0 Å². The van der Waals surface area contributed by atoms with Crippen LogP contribution < -0.4 is 5.73 Å². The maximum atomic E-state index is 13.0. The molecule has 2 unspecified atom stereocenters. The molecule has 1 aromatic rings. The highest BCUT2D eigenvalue weighted by Crippen LogP contribution is 2.26. The van der Waals surface area contributed by atoms with Gasteiger partial charge in [0, 0.05) is 12.6 Å². The number of benzene rings is 1. The summed E-state index contributed by atoms with van der Waals surface area (Å²) in [5.74, 6) is -0.556. The van der Waals surface area contributed by atoms with Crippen LogP contribution >= 0.6 is 0 Å². The summed E-state index contributed by atoms with van der Waals surface area (Å²) < 4.78 is 44.8. The van der Waals surface area contributed by atoms with E-state index in [0.29, 0.717) is 6.61 Å². The fourth-order valence-corrected chi connectivity index (χ4v) is 3.88. The largest absolute Gasteiger partial charge is 0.398 e. The van der Waals surface area contributed by atoms with Gasteiger partial charge in [-0.1, -0.05) is 0 Å². The van der Waals surface area contributed by atoms with E-state index in [4.69, 9.17) is 10.5 Å². The lowest BCUT2D eigenvalue weighted by atomic mass is 10.2. The Bertz CT molecular complexity index is 576. The monoisotopic (exact) mass is 288 g/mol. The summed E-state index contributed by atoms with van der Waals surface area (Å²) in [5, 5.41) is 0. The van der Waals surface area contributed by atoms with Gasteiger partial charge < -0.3 is 10.5 Å². The van der Waals surface area contributed by atoms with Gasteiger partial charge in [0.1, 0.15) is 10.7 Å². The van der Waals surface area contributed by atoms with Crippen molar-refractivity contribution in [2.75, 3.05) is 18.9 Å². The molecule has 1 aromatic carbocycles. The third-order valence-electron chi connectivity index (χ3n) is 3.11. The van der Waals surface area contributed by atoms with Crippen LogP contribution in [0.25, 0.3) is 0 Å². The first kappa shape index (κ1) is 14.2. The molecule has 0 bridgehead atoms. The second-order valence-corrected chi connectivity index (χ2v) is 6.61. The van der Waals surface area contributed by atoms with E-state index in [1.165, 1.54) is 10.4 Å². The molecule has 0 saturated carbocycles. The van der Waals surface area contributed by atoms with E-state index in [1.807, 2.05) is 6.92 Å². The minimum Gasteiger partial charge on any atom is -0.398 e. The Balaban J connectivity index is 2.41. The first-order chi connectivity index (χ1) is 8.82. The molecule has 0 amide bonds. The van der Waals surface area contributed by atoms with Crippen molar-refractivity contribution in [3.63, 3.8) is 0 Å². The molecule has 5 nitrogen and oxygen atoms in total. The van der Waals surface area contributed by atoms with Crippen LogP contribution in [0.5, 0.6) is 0 Å². The number of hydrogen-bond acceptors (Lipinski definition) is 4. The van der Waals surface area contributed by atoms with Gasteiger partial charge in [0.2, 0.25) is 10.0 Å². The fraction of sp³-hybridized carbons (Fsp3) is 0.500. The number of halogens is 1. The third kappa shape index (κ3) is 2.72. The molecule has 1 aliphatic rings. The maximum Gasteiger partial charge on any atom is 0.245 e. The number of nitrogen functional groups attached to an aromatic ring is 1. The van der Waals surface area contributed by atoms with Gasteiger partial charge in [-0.05, 0) is 32.0 Å². The van der Waals surface area contributed by atoms with Crippen molar-refractivity contribution in [1.82, 2.24) is 4.31 Å². The molecule has 1 heterocycles. The van der Waals surface area contributed by atoms with Crippen LogP contribution in [0.1, 0.15) is 13.8 Å². The smallest absolute Gasteiger partial charge is 0.245 e. The minimum absolute atomic E-state index is 0.0603. The summed E-state index contributed by atoms with van der Waals surface area (Å²) in [6, 6.07) is 3.04. The van der Waals surface area contributed by atoms with Crippen LogP contribution in [0, 0.1) is 5.82 Å². The molecule has 19 heavy (non-hydrogen) atoms. The molecule has 1 aliphatic heterocycles. The third-order valence-corrected chi connectivity index (χ3v) is 5.16. The molecule has 1 saturated heterocycles. The number of nitrogens with two attached hydrogens (primary N) is 1. The maximum absolute atomic E-state index is 13.0. The van der Waals surface area contributed by atoms with Crippen molar-refractivity contribution in [2.24, 2.45) is 0 Å². The first-order valence-corrected chi connectivity index (χ1v) is 7.45. The van der Waals surface area contributed by atoms with Crippen LogP contribution in [0.4, 0.5) is 10.1 Å². The zero-order valence-corrected chi connectivity index (χ0v) is 11.7. The summed E-state index contributed by atoms with van der Waals surface area (Å²) in [7, 11) is -3.73. The molecule has 7 heteroatoms. The SMILES string of the molecule is CC1CN(S(=O)(=O)c2ccc(F)cc2N)C(C)CO1. The Morgan fingerprint density at radius 2 is 2.11 bits per heavy atom. The van der Waals surface area contributed by atoms with Crippen LogP contribution in [0.3, 0.4) is 0 Å². The molecule has 2 rings (SSSR count). The number of sulfonamides is 1. The van der Waals surface area contributed by atoms with E-state index in [2.05, 4.69) is 0 Å². The number of ether oxygens (including phenoxy) is 1. The number of anilines is 1. The molecule has 106 valence electrons. The van der Waals surface area contributed by atoms with E-state index < -0.39 is 15.8 Å². The lowest BCUT2D eigenvalue weighted by molar-refractivity contribution is -0.0170. The number of hydrogen-bond donors (Lipinski definition) is 1. The lowest BCUT2D eigenvalue weighted by Crippen LogP contribution is -2.50. The molecule has 0 aliphatic carbocycles. The van der Waals surface area contributed by atoms with E-state index in [1.54, 1.807) is 6.92 Å². The first-order valence-electron chi connectivity index (χ1n) is 6.01. The predicted molar refractivity (Wildman–Crippen MR) is 69.6 cm³/mol. The topological polar surface area (TPSA) is 72.6 Å². The standard InChI is InChI=1S/C12H17FN2O3S/c1-8-7-18-9(2)6-15(8)19(16,17)12-4-3-10(13)5-11(12)14/h3-5,8-9H,6-7,14H2,1-2H3. The Hall–Kier alpha value is -1.18. The second-order valence-electron chi connectivity index (χ2n) is 4.75. The van der Waals surface area contributed by atoms with Gasteiger partial charge in [0.05, 0.1) is 18.4 Å². The molecule has 2 atom stereocenters.